The van der Waals surface area contributed by atoms with Gasteiger partial charge in [0.2, 0.25) is 0 Å². The van der Waals surface area contributed by atoms with E-state index < -0.39 is 11.6 Å². The Morgan fingerprint density at radius 2 is 1.76 bits per heavy atom. The number of allylic oxidation sites excluding steroid dienone is 2. The molecule has 0 radical (unpaired) electrons. The van der Waals surface area contributed by atoms with Crippen molar-refractivity contribution in [1.29, 1.82) is 0 Å². The summed E-state index contributed by atoms with van der Waals surface area (Å²) in [7, 11) is 0. The largest absolute Gasteiger partial charge is 0.393 e. The number of hydrogen-bond acceptors (Lipinski definition) is 1. The van der Waals surface area contributed by atoms with Gasteiger partial charge in [0.1, 0.15) is 0 Å². The Balaban J connectivity index is 1.83. The van der Waals surface area contributed by atoms with Gasteiger partial charge in [-0.15, -0.1) is 6.58 Å². The first kappa shape index (κ1) is 20.9. The van der Waals surface area contributed by atoms with E-state index in [0.717, 1.165) is 23.6 Å². The number of fused-ring (bicyclic) bond motifs is 1. The zero-order valence-corrected chi connectivity index (χ0v) is 16.7. The molecule has 0 fully saturated rings. The number of aliphatic hydroxyl groups excluding tert-OH is 1. The van der Waals surface area contributed by atoms with Gasteiger partial charge < -0.3 is 5.11 Å². The highest BCUT2D eigenvalue weighted by molar-refractivity contribution is 5.88. The smallest absolute Gasteiger partial charge is 0.167 e. The molecule has 150 valence electrons. The van der Waals surface area contributed by atoms with E-state index in [1.807, 2.05) is 42.5 Å². The van der Waals surface area contributed by atoms with Crippen LogP contribution in [0.3, 0.4) is 0 Å². The number of aliphatic hydroxyl groups is 1. The summed E-state index contributed by atoms with van der Waals surface area (Å²) in [6, 6.07) is 15.0. The molecule has 0 aliphatic heterocycles. The number of unbranched alkanes of at least 4 members (excludes halogenated alkanes) is 1. The number of benzene rings is 3. The van der Waals surface area contributed by atoms with Crippen LogP contribution in [-0.2, 0) is 6.42 Å². The highest BCUT2D eigenvalue weighted by atomic mass is 19.2. The Labute approximate surface area is 171 Å². The van der Waals surface area contributed by atoms with Crippen LogP contribution in [0.5, 0.6) is 0 Å². The van der Waals surface area contributed by atoms with Crippen molar-refractivity contribution in [3.05, 3.63) is 90.0 Å². The van der Waals surface area contributed by atoms with Gasteiger partial charge >= 0.3 is 0 Å². The van der Waals surface area contributed by atoms with Crippen LogP contribution in [0.25, 0.3) is 28.0 Å². The summed E-state index contributed by atoms with van der Waals surface area (Å²) < 4.78 is 29.3. The minimum Gasteiger partial charge on any atom is -0.393 e. The van der Waals surface area contributed by atoms with Crippen LogP contribution >= 0.6 is 0 Å². The monoisotopic (exact) mass is 392 g/mol. The van der Waals surface area contributed by atoms with Crippen molar-refractivity contribution in [2.24, 2.45) is 0 Å². The first-order valence-corrected chi connectivity index (χ1v) is 9.96. The summed E-state index contributed by atoms with van der Waals surface area (Å²) in [6.07, 6.45) is 7.95. The molecular weight excluding hydrogens is 366 g/mol. The zero-order valence-electron chi connectivity index (χ0n) is 16.7. The van der Waals surface area contributed by atoms with Gasteiger partial charge in [-0.1, -0.05) is 60.7 Å². The second-order valence-electron chi connectivity index (χ2n) is 7.40. The summed E-state index contributed by atoms with van der Waals surface area (Å²) in [6.45, 7) is 5.50. The third kappa shape index (κ3) is 5.18. The molecule has 0 heterocycles. The van der Waals surface area contributed by atoms with Gasteiger partial charge in [-0.25, -0.2) is 8.78 Å². The average Bonchev–Trinajstić information content (AvgIpc) is 2.70. The third-order valence-electron chi connectivity index (χ3n) is 5.00. The summed E-state index contributed by atoms with van der Waals surface area (Å²) in [4.78, 5) is 0. The molecule has 1 nitrogen and oxygen atoms in total. The Hall–Kier alpha value is -2.78. The molecule has 1 N–H and O–H groups in total. The Bertz CT molecular complexity index is 1030. The predicted molar refractivity (Wildman–Crippen MR) is 118 cm³/mol. The molecule has 1 atom stereocenters. The van der Waals surface area contributed by atoms with Crippen LogP contribution in [0, 0.1) is 11.6 Å². The van der Waals surface area contributed by atoms with Crippen LogP contribution in [-0.4, -0.2) is 11.2 Å². The lowest BCUT2D eigenvalue weighted by Gasteiger charge is -2.09. The quantitative estimate of drug-likeness (QED) is 0.321. The van der Waals surface area contributed by atoms with Crippen LogP contribution in [0.4, 0.5) is 8.78 Å². The Kier molecular flexibility index (Phi) is 6.95. The van der Waals surface area contributed by atoms with Gasteiger partial charge in [0.25, 0.3) is 0 Å². The van der Waals surface area contributed by atoms with Crippen molar-refractivity contribution in [2.75, 3.05) is 0 Å². The normalized spacial score (nSPS) is 12.6. The van der Waals surface area contributed by atoms with Gasteiger partial charge in [0, 0.05) is 11.1 Å². The molecule has 0 aliphatic carbocycles. The maximum Gasteiger partial charge on any atom is 0.167 e. The van der Waals surface area contributed by atoms with Crippen molar-refractivity contribution in [3.8, 4) is 11.1 Å². The van der Waals surface area contributed by atoms with Gasteiger partial charge in [-0.05, 0) is 60.6 Å². The molecule has 0 bridgehead atoms. The van der Waals surface area contributed by atoms with E-state index >= 15 is 0 Å². The van der Waals surface area contributed by atoms with Gasteiger partial charge in [0.15, 0.2) is 11.6 Å². The van der Waals surface area contributed by atoms with E-state index in [4.69, 9.17) is 0 Å². The van der Waals surface area contributed by atoms with E-state index in [9.17, 15) is 13.9 Å². The Morgan fingerprint density at radius 1 is 1.00 bits per heavy atom. The van der Waals surface area contributed by atoms with E-state index in [1.54, 1.807) is 25.1 Å². The molecule has 3 heteroatoms. The minimum absolute atomic E-state index is 0.234. The predicted octanol–water partition coefficient (Wildman–Crippen LogP) is 7.08. The van der Waals surface area contributed by atoms with Crippen molar-refractivity contribution >= 4 is 16.8 Å². The SMILES string of the molecule is C=CCc1ccc2cc(-c3ccc(/C=C/CCCC(C)O)c(F)c3F)ccc2c1. The second-order valence-corrected chi connectivity index (χ2v) is 7.40. The topological polar surface area (TPSA) is 20.2 Å². The molecule has 0 saturated heterocycles. The van der Waals surface area contributed by atoms with E-state index in [-0.39, 0.29) is 17.2 Å². The third-order valence-corrected chi connectivity index (χ3v) is 5.00. The summed E-state index contributed by atoms with van der Waals surface area (Å²) >= 11 is 0. The molecule has 0 aliphatic rings. The standard InChI is InChI=1S/C26H26F2O/c1-3-7-19-10-11-22-17-23(13-12-21(22)16-19)24-15-14-20(25(27)26(24)28)9-6-4-5-8-18(2)29/h3,6,9-18,29H,1,4-5,7-8H2,2H3/b9-6+. The van der Waals surface area contributed by atoms with Crippen molar-refractivity contribution in [3.63, 3.8) is 0 Å². The van der Waals surface area contributed by atoms with Crippen LogP contribution in [0.15, 0.2) is 67.3 Å². The highest BCUT2D eigenvalue weighted by Crippen LogP contribution is 2.30. The highest BCUT2D eigenvalue weighted by Gasteiger charge is 2.14. The molecular formula is C26H26F2O. The van der Waals surface area contributed by atoms with Crippen molar-refractivity contribution in [1.82, 2.24) is 0 Å². The number of rotatable bonds is 8. The summed E-state index contributed by atoms with van der Waals surface area (Å²) in [5.74, 6) is -1.67. The van der Waals surface area contributed by atoms with Crippen molar-refractivity contribution < 1.29 is 13.9 Å². The molecule has 0 spiro atoms. The van der Waals surface area contributed by atoms with E-state index in [1.165, 1.54) is 5.56 Å². The molecule has 0 amide bonds. The van der Waals surface area contributed by atoms with E-state index in [0.29, 0.717) is 18.4 Å². The summed E-state index contributed by atoms with van der Waals surface area (Å²) in [5, 5.41) is 11.3. The van der Waals surface area contributed by atoms with Gasteiger partial charge in [-0.2, -0.15) is 0 Å². The van der Waals surface area contributed by atoms with Crippen LogP contribution < -0.4 is 0 Å². The van der Waals surface area contributed by atoms with Crippen LogP contribution in [0.1, 0.15) is 37.3 Å². The number of halogens is 2. The number of hydrogen-bond donors (Lipinski definition) is 1. The molecule has 0 aromatic heterocycles. The molecule has 1 unspecified atom stereocenters. The fourth-order valence-electron chi connectivity index (χ4n) is 3.41. The lowest BCUT2D eigenvalue weighted by Crippen LogP contribution is -1.97. The molecule has 3 rings (SSSR count). The lowest BCUT2D eigenvalue weighted by atomic mass is 9.97. The second kappa shape index (κ2) is 9.62. The van der Waals surface area contributed by atoms with Gasteiger partial charge in [-0.3, -0.25) is 0 Å². The maximum atomic E-state index is 14.7. The maximum absolute atomic E-state index is 14.7. The van der Waals surface area contributed by atoms with Crippen molar-refractivity contribution in [2.45, 2.75) is 38.7 Å². The fraction of sp³-hybridized carbons (Fsp3) is 0.231. The molecule has 29 heavy (non-hydrogen) atoms. The first-order valence-electron chi connectivity index (χ1n) is 9.96. The summed E-state index contributed by atoms with van der Waals surface area (Å²) in [5.41, 5.74) is 2.31. The lowest BCUT2D eigenvalue weighted by molar-refractivity contribution is 0.182. The molecule has 0 saturated carbocycles. The first-order chi connectivity index (χ1) is 14.0. The van der Waals surface area contributed by atoms with Gasteiger partial charge in [0.05, 0.1) is 6.10 Å². The van der Waals surface area contributed by atoms with E-state index in [2.05, 4.69) is 12.6 Å². The fourth-order valence-corrected chi connectivity index (χ4v) is 3.41. The van der Waals surface area contributed by atoms with Crippen LogP contribution in [0.2, 0.25) is 0 Å². The molecule has 3 aromatic rings. The zero-order chi connectivity index (χ0) is 20.8. The molecule has 3 aromatic carbocycles. The Morgan fingerprint density at radius 3 is 2.52 bits per heavy atom. The minimum atomic E-state index is -0.837. The average molecular weight is 392 g/mol.